The molecule has 0 bridgehead atoms. The van der Waals surface area contributed by atoms with Gasteiger partial charge in [0.15, 0.2) is 0 Å². The van der Waals surface area contributed by atoms with Crippen LogP contribution >= 0.6 is 0 Å². The number of halogens is 2. The van der Waals surface area contributed by atoms with Crippen molar-refractivity contribution in [2.75, 3.05) is 0 Å². The molecule has 0 atom stereocenters. The first kappa shape index (κ1) is 9.17. The standard InChI is InChI=1S/C10H12F2/c1-7(2)8-3-4-10(12)9(5-8)6-11/h3-5,7H,6H2,1-2H3. The summed E-state index contributed by atoms with van der Waals surface area (Å²) in [6.07, 6.45) is 0. The number of hydrogen-bond acceptors (Lipinski definition) is 0. The fourth-order valence-corrected chi connectivity index (χ4v) is 1.06. The third kappa shape index (κ3) is 1.81. The van der Waals surface area contributed by atoms with E-state index in [0.717, 1.165) is 5.56 Å². The number of hydrogen-bond donors (Lipinski definition) is 0. The summed E-state index contributed by atoms with van der Waals surface area (Å²) < 4.78 is 25.0. The van der Waals surface area contributed by atoms with E-state index in [1.807, 2.05) is 13.8 Å². The van der Waals surface area contributed by atoms with Crippen LogP contribution in [0.25, 0.3) is 0 Å². The largest absolute Gasteiger partial charge is 0.246 e. The predicted molar refractivity (Wildman–Crippen MR) is 45.3 cm³/mol. The molecule has 0 radical (unpaired) electrons. The van der Waals surface area contributed by atoms with Crippen LogP contribution in [0.3, 0.4) is 0 Å². The zero-order valence-corrected chi connectivity index (χ0v) is 7.27. The Morgan fingerprint density at radius 1 is 1.33 bits per heavy atom. The Labute approximate surface area is 71.2 Å². The Hall–Kier alpha value is -0.920. The number of benzene rings is 1. The summed E-state index contributed by atoms with van der Waals surface area (Å²) in [6.45, 7) is 3.26. The highest BCUT2D eigenvalue weighted by Gasteiger charge is 2.04. The van der Waals surface area contributed by atoms with E-state index in [4.69, 9.17) is 0 Å². The molecule has 0 fully saturated rings. The summed E-state index contributed by atoms with van der Waals surface area (Å²) in [5.41, 5.74) is 1.13. The molecule has 0 nitrogen and oxygen atoms in total. The van der Waals surface area contributed by atoms with Crippen molar-refractivity contribution in [1.29, 1.82) is 0 Å². The molecule has 0 aliphatic carbocycles. The van der Waals surface area contributed by atoms with Gasteiger partial charge in [-0.1, -0.05) is 19.9 Å². The summed E-state index contributed by atoms with van der Waals surface area (Å²) in [7, 11) is 0. The molecule has 12 heavy (non-hydrogen) atoms. The SMILES string of the molecule is CC(C)c1ccc(F)c(CF)c1. The van der Waals surface area contributed by atoms with Gasteiger partial charge in [0.05, 0.1) is 0 Å². The van der Waals surface area contributed by atoms with Crippen molar-refractivity contribution in [1.82, 2.24) is 0 Å². The average Bonchev–Trinajstić information content (AvgIpc) is 2.05. The third-order valence-corrected chi connectivity index (χ3v) is 1.88. The molecule has 2 heteroatoms. The predicted octanol–water partition coefficient (Wildman–Crippen LogP) is 3.42. The van der Waals surface area contributed by atoms with E-state index in [0.29, 0.717) is 5.92 Å². The van der Waals surface area contributed by atoms with Gasteiger partial charge in [-0.05, 0) is 23.6 Å². The summed E-state index contributed by atoms with van der Waals surface area (Å²) in [5, 5.41) is 0. The molecule has 0 aliphatic heterocycles. The van der Waals surface area contributed by atoms with Gasteiger partial charge in [0.2, 0.25) is 0 Å². The minimum absolute atomic E-state index is 0.154. The summed E-state index contributed by atoms with van der Waals surface area (Å²) in [6, 6.07) is 4.60. The fraction of sp³-hybridized carbons (Fsp3) is 0.400. The van der Waals surface area contributed by atoms with Crippen LogP contribution in [0.1, 0.15) is 30.9 Å². The van der Waals surface area contributed by atoms with Gasteiger partial charge in [0.25, 0.3) is 0 Å². The van der Waals surface area contributed by atoms with E-state index < -0.39 is 12.5 Å². The highest BCUT2D eigenvalue weighted by molar-refractivity contribution is 5.26. The van der Waals surface area contributed by atoms with E-state index in [-0.39, 0.29) is 5.56 Å². The minimum Gasteiger partial charge on any atom is -0.246 e. The Morgan fingerprint density at radius 3 is 2.50 bits per heavy atom. The molecule has 1 aromatic carbocycles. The van der Waals surface area contributed by atoms with Crippen LogP contribution < -0.4 is 0 Å². The Bertz CT molecular complexity index is 267. The molecule has 0 aromatic heterocycles. The van der Waals surface area contributed by atoms with Gasteiger partial charge in [0.1, 0.15) is 12.5 Å². The monoisotopic (exact) mass is 170 g/mol. The van der Waals surface area contributed by atoms with Crippen LogP contribution in [0.15, 0.2) is 18.2 Å². The maximum Gasteiger partial charge on any atom is 0.129 e. The Morgan fingerprint density at radius 2 is 2.00 bits per heavy atom. The second-order valence-electron chi connectivity index (χ2n) is 3.14. The summed E-state index contributed by atoms with van der Waals surface area (Å²) in [4.78, 5) is 0. The maximum absolute atomic E-state index is 12.8. The molecule has 0 N–H and O–H groups in total. The van der Waals surface area contributed by atoms with E-state index >= 15 is 0 Å². The van der Waals surface area contributed by atoms with E-state index in [1.165, 1.54) is 6.07 Å². The van der Waals surface area contributed by atoms with E-state index in [9.17, 15) is 8.78 Å². The molecule has 0 saturated carbocycles. The van der Waals surface area contributed by atoms with Crippen molar-refractivity contribution in [3.05, 3.63) is 35.1 Å². The molecule has 1 aromatic rings. The minimum atomic E-state index is -0.730. The van der Waals surface area contributed by atoms with E-state index in [2.05, 4.69) is 0 Å². The zero-order chi connectivity index (χ0) is 9.14. The topological polar surface area (TPSA) is 0 Å². The van der Waals surface area contributed by atoms with Gasteiger partial charge in [-0.15, -0.1) is 0 Å². The second kappa shape index (κ2) is 3.65. The van der Waals surface area contributed by atoms with Crippen LogP contribution in [0.2, 0.25) is 0 Å². The smallest absolute Gasteiger partial charge is 0.129 e. The maximum atomic E-state index is 12.8. The van der Waals surface area contributed by atoms with Crippen molar-refractivity contribution in [2.24, 2.45) is 0 Å². The lowest BCUT2D eigenvalue weighted by Gasteiger charge is -2.06. The van der Waals surface area contributed by atoms with Crippen LogP contribution in [-0.2, 0) is 6.67 Å². The zero-order valence-electron chi connectivity index (χ0n) is 7.27. The molecular formula is C10H12F2. The van der Waals surface area contributed by atoms with Gasteiger partial charge in [-0.25, -0.2) is 8.78 Å². The first-order valence-electron chi connectivity index (χ1n) is 3.99. The second-order valence-corrected chi connectivity index (χ2v) is 3.14. The third-order valence-electron chi connectivity index (χ3n) is 1.88. The van der Waals surface area contributed by atoms with Gasteiger partial charge in [0, 0.05) is 5.56 Å². The van der Waals surface area contributed by atoms with Crippen molar-refractivity contribution >= 4 is 0 Å². The summed E-state index contributed by atoms with van der Waals surface area (Å²) >= 11 is 0. The lowest BCUT2D eigenvalue weighted by atomic mass is 10.0. The lowest BCUT2D eigenvalue weighted by molar-refractivity contribution is 0.463. The lowest BCUT2D eigenvalue weighted by Crippen LogP contribution is -1.92. The van der Waals surface area contributed by atoms with Crippen LogP contribution in [-0.4, -0.2) is 0 Å². The average molecular weight is 170 g/mol. The molecular weight excluding hydrogens is 158 g/mol. The normalized spacial score (nSPS) is 10.8. The first-order valence-corrected chi connectivity index (χ1v) is 3.99. The fourth-order valence-electron chi connectivity index (χ4n) is 1.06. The highest BCUT2D eigenvalue weighted by atomic mass is 19.1. The van der Waals surface area contributed by atoms with Gasteiger partial charge < -0.3 is 0 Å². The van der Waals surface area contributed by atoms with Crippen LogP contribution in [0, 0.1) is 5.82 Å². The van der Waals surface area contributed by atoms with Gasteiger partial charge in [-0.3, -0.25) is 0 Å². The number of rotatable bonds is 2. The molecule has 0 heterocycles. The molecule has 0 spiro atoms. The van der Waals surface area contributed by atoms with Crippen molar-refractivity contribution < 1.29 is 8.78 Å². The number of alkyl halides is 1. The van der Waals surface area contributed by atoms with Gasteiger partial charge in [-0.2, -0.15) is 0 Å². The van der Waals surface area contributed by atoms with Crippen molar-refractivity contribution in [2.45, 2.75) is 26.4 Å². The highest BCUT2D eigenvalue weighted by Crippen LogP contribution is 2.18. The molecule has 0 amide bonds. The molecule has 0 aliphatic rings. The quantitative estimate of drug-likeness (QED) is 0.638. The van der Waals surface area contributed by atoms with Crippen LogP contribution in [0.5, 0.6) is 0 Å². The molecule has 0 saturated heterocycles. The first-order chi connectivity index (χ1) is 5.65. The van der Waals surface area contributed by atoms with Crippen LogP contribution in [0.4, 0.5) is 8.78 Å². The van der Waals surface area contributed by atoms with Crippen molar-refractivity contribution in [3.8, 4) is 0 Å². The Balaban J connectivity index is 3.05. The summed E-state index contributed by atoms with van der Waals surface area (Å²) in [5.74, 6) is -0.141. The molecule has 0 unspecified atom stereocenters. The van der Waals surface area contributed by atoms with E-state index in [1.54, 1.807) is 12.1 Å². The van der Waals surface area contributed by atoms with Gasteiger partial charge >= 0.3 is 0 Å². The Kier molecular flexibility index (Phi) is 2.79. The van der Waals surface area contributed by atoms with Crippen molar-refractivity contribution in [3.63, 3.8) is 0 Å². The molecule has 66 valence electrons. The molecule has 1 rings (SSSR count).